The van der Waals surface area contributed by atoms with Crippen molar-refractivity contribution in [2.45, 2.75) is 33.6 Å². The zero-order valence-electron chi connectivity index (χ0n) is 19.3. The van der Waals surface area contributed by atoms with Gasteiger partial charge in [-0.15, -0.1) is 0 Å². The van der Waals surface area contributed by atoms with Crippen LogP contribution in [-0.4, -0.2) is 60.2 Å². The lowest BCUT2D eigenvalue weighted by atomic mass is 9.91. The van der Waals surface area contributed by atoms with Gasteiger partial charge in [0.1, 0.15) is 0 Å². The number of carbonyl (C=O) groups excluding carboxylic acids is 3. The Morgan fingerprint density at radius 3 is 2.47 bits per heavy atom. The zero-order valence-corrected chi connectivity index (χ0v) is 19.3. The minimum absolute atomic E-state index is 0.0377. The summed E-state index contributed by atoms with van der Waals surface area (Å²) in [6, 6.07) is 16.6. The van der Waals surface area contributed by atoms with E-state index in [1.807, 2.05) is 17.0 Å². The number of nitrogens with zero attached hydrogens (tertiary/aromatic N) is 2. The van der Waals surface area contributed by atoms with E-state index in [4.69, 9.17) is 0 Å². The number of nitrogens with one attached hydrogen (secondary N) is 1. The van der Waals surface area contributed by atoms with Gasteiger partial charge in [0.15, 0.2) is 0 Å². The third kappa shape index (κ3) is 5.96. The molecule has 2 aromatic carbocycles. The molecule has 1 aliphatic rings. The molecule has 1 saturated heterocycles. The molecule has 0 spiro atoms. The summed E-state index contributed by atoms with van der Waals surface area (Å²) in [6.45, 7) is 7.53. The van der Waals surface area contributed by atoms with Crippen LogP contribution in [0.1, 0.15) is 31.4 Å². The van der Waals surface area contributed by atoms with E-state index in [9.17, 15) is 14.4 Å². The Balaban J connectivity index is 1.86. The highest BCUT2D eigenvalue weighted by Crippen LogP contribution is 2.27. The van der Waals surface area contributed by atoms with Crippen molar-refractivity contribution in [1.82, 2.24) is 15.1 Å². The van der Waals surface area contributed by atoms with Crippen LogP contribution in [0.5, 0.6) is 0 Å². The largest absolute Gasteiger partial charge is 0.347 e. The number of benzene rings is 2. The predicted molar refractivity (Wildman–Crippen MR) is 126 cm³/mol. The summed E-state index contributed by atoms with van der Waals surface area (Å²) >= 11 is 0. The molecule has 1 N–H and O–H groups in total. The molecule has 6 nitrogen and oxygen atoms in total. The molecule has 32 heavy (non-hydrogen) atoms. The molecule has 0 saturated carbocycles. The molecule has 1 heterocycles. The van der Waals surface area contributed by atoms with Gasteiger partial charge in [0.05, 0.1) is 12.5 Å². The van der Waals surface area contributed by atoms with Gasteiger partial charge in [-0.1, -0.05) is 61.0 Å². The molecule has 0 unspecified atom stereocenters. The highest BCUT2D eigenvalue weighted by Gasteiger charge is 2.32. The Morgan fingerprint density at radius 1 is 1.06 bits per heavy atom. The van der Waals surface area contributed by atoms with Crippen LogP contribution in [-0.2, 0) is 20.8 Å². The standard InChI is InChI=1S/C26H33N3O3/c1-4-13-28-14-15-29(25(31)17-27-20(3)30)18-23(26(28)32)16-22-7-5-6-8-24(22)21-11-9-19(2)10-12-21/h5-12,23H,4,13-18H2,1-3H3,(H,27,30)/t23-/m1/s1. The van der Waals surface area contributed by atoms with Crippen LogP contribution in [0.4, 0.5) is 0 Å². The molecule has 0 aliphatic carbocycles. The Kier molecular flexibility index (Phi) is 8.03. The first-order valence-corrected chi connectivity index (χ1v) is 11.3. The minimum Gasteiger partial charge on any atom is -0.347 e. The predicted octanol–water partition coefficient (Wildman–Crippen LogP) is 3.04. The van der Waals surface area contributed by atoms with Crippen molar-refractivity contribution in [3.8, 4) is 11.1 Å². The summed E-state index contributed by atoms with van der Waals surface area (Å²) in [5.74, 6) is -0.610. The molecule has 1 fully saturated rings. The van der Waals surface area contributed by atoms with Gasteiger partial charge < -0.3 is 15.1 Å². The summed E-state index contributed by atoms with van der Waals surface area (Å²) in [7, 11) is 0. The van der Waals surface area contributed by atoms with Gasteiger partial charge >= 0.3 is 0 Å². The monoisotopic (exact) mass is 435 g/mol. The first kappa shape index (κ1) is 23.5. The van der Waals surface area contributed by atoms with E-state index in [2.05, 4.69) is 55.6 Å². The average molecular weight is 436 g/mol. The number of hydrogen-bond acceptors (Lipinski definition) is 3. The van der Waals surface area contributed by atoms with Crippen LogP contribution in [0.25, 0.3) is 11.1 Å². The van der Waals surface area contributed by atoms with Gasteiger partial charge in [-0.2, -0.15) is 0 Å². The van der Waals surface area contributed by atoms with Crippen LogP contribution in [0.2, 0.25) is 0 Å². The third-order valence-electron chi connectivity index (χ3n) is 5.92. The summed E-state index contributed by atoms with van der Waals surface area (Å²) in [6.07, 6.45) is 1.44. The van der Waals surface area contributed by atoms with E-state index in [0.717, 1.165) is 23.1 Å². The molecule has 3 rings (SSSR count). The Labute approximate surface area is 190 Å². The maximum absolute atomic E-state index is 13.4. The molecule has 3 amide bonds. The normalized spacial score (nSPS) is 16.6. The molecule has 1 aliphatic heterocycles. The first-order valence-electron chi connectivity index (χ1n) is 11.3. The lowest BCUT2D eigenvalue weighted by molar-refractivity contribution is -0.135. The van der Waals surface area contributed by atoms with Crippen LogP contribution >= 0.6 is 0 Å². The summed E-state index contributed by atoms with van der Waals surface area (Å²) in [5, 5.41) is 2.58. The van der Waals surface area contributed by atoms with Gasteiger partial charge in [-0.3, -0.25) is 14.4 Å². The van der Waals surface area contributed by atoms with Crippen molar-refractivity contribution < 1.29 is 14.4 Å². The summed E-state index contributed by atoms with van der Waals surface area (Å²) in [5.41, 5.74) is 4.54. The fourth-order valence-corrected chi connectivity index (χ4v) is 4.21. The average Bonchev–Trinajstić information content (AvgIpc) is 2.93. The molecule has 0 aromatic heterocycles. The van der Waals surface area contributed by atoms with Gasteiger partial charge in [0.25, 0.3) is 0 Å². The Hall–Kier alpha value is -3.15. The van der Waals surface area contributed by atoms with Gasteiger partial charge in [0.2, 0.25) is 17.7 Å². The van der Waals surface area contributed by atoms with Crippen molar-refractivity contribution in [1.29, 1.82) is 0 Å². The zero-order chi connectivity index (χ0) is 23.1. The number of hydrogen-bond donors (Lipinski definition) is 1. The van der Waals surface area contributed by atoms with E-state index in [-0.39, 0.29) is 30.2 Å². The van der Waals surface area contributed by atoms with Crippen molar-refractivity contribution >= 4 is 17.7 Å². The molecule has 6 heteroatoms. The number of rotatable bonds is 7. The molecule has 2 aromatic rings. The van der Waals surface area contributed by atoms with E-state index < -0.39 is 0 Å². The molecule has 0 radical (unpaired) electrons. The second-order valence-corrected chi connectivity index (χ2v) is 8.50. The van der Waals surface area contributed by atoms with Gasteiger partial charge in [-0.05, 0) is 36.5 Å². The molecular weight excluding hydrogens is 402 g/mol. The van der Waals surface area contributed by atoms with Crippen molar-refractivity contribution in [2.24, 2.45) is 5.92 Å². The number of aryl methyl sites for hydroxylation is 1. The smallest absolute Gasteiger partial charge is 0.242 e. The Bertz CT molecular complexity index is 955. The van der Waals surface area contributed by atoms with Crippen LogP contribution in [0.15, 0.2) is 48.5 Å². The Morgan fingerprint density at radius 2 is 1.78 bits per heavy atom. The highest BCUT2D eigenvalue weighted by atomic mass is 16.2. The lowest BCUT2D eigenvalue weighted by Gasteiger charge is -2.25. The van der Waals surface area contributed by atoms with Crippen molar-refractivity contribution in [3.05, 3.63) is 59.7 Å². The topological polar surface area (TPSA) is 69.7 Å². The van der Waals surface area contributed by atoms with Gasteiger partial charge in [-0.25, -0.2) is 0 Å². The highest BCUT2D eigenvalue weighted by molar-refractivity contribution is 5.85. The summed E-state index contributed by atoms with van der Waals surface area (Å²) < 4.78 is 0. The van der Waals surface area contributed by atoms with Gasteiger partial charge in [0, 0.05) is 33.1 Å². The lowest BCUT2D eigenvalue weighted by Crippen LogP contribution is -2.42. The molecule has 170 valence electrons. The second-order valence-electron chi connectivity index (χ2n) is 8.50. The summed E-state index contributed by atoms with van der Waals surface area (Å²) in [4.78, 5) is 41.0. The van der Waals surface area contributed by atoms with Crippen LogP contribution in [0, 0.1) is 12.8 Å². The maximum atomic E-state index is 13.4. The molecule has 1 atom stereocenters. The quantitative estimate of drug-likeness (QED) is 0.727. The minimum atomic E-state index is -0.322. The van der Waals surface area contributed by atoms with E-state index >= 15 is 0 Å². The number of amides is 3. The van der Waals surface area contributed by atoms with Crippen LogP contribution < -0.4 is 5.32 Å². The molecular formula is C26H33N3O3. The van der Waals surface area contributed by atoms with Crippen LogP contribution in [0.3, 0.4) is 0 Å². The fraction of sp³-hybridized carbons (Fsp3) is 0.423. The third-order valence-corrected chi connectivity index (χ3v) is 5.92. The van der Waals surface area contributed by atoms with Crippen molar-refractivity contribution in [3.63, 3.8) is 0 Å². The van der Waals surface area contributed by atoms with Crippen molar-refractivity contribution in [2.75, 3.05) is 32.7 Å². The fourth-order valence-electron chi connectivity index (χ4n) is 4.21. The molecule has 0 bridgehead atoms. The van der Waals surface area contributed by atoms with E-state index in [1.165, 1.54) is 12.5 Å². The SMILES string of the molecule is CCCN1CCN(C(=O)CNC(C)=O)C[C@@H](Cc2ccccc2-c2ccc(C)cc2)C1=O. The number of carbonyl (C=O) groups is 3. The second kappa shape index (κ2) is 10.9. The maximum Gasteiger partial charge on any atom is 0.242 e. The van der Waals surface area contributed by atoms with E-state index in [0.29, 0.717) is 32.6 Å². The first-order chi connectivity index (χ1) is 15.4. The van der Waals surface area contributed by atoms with E-state index in [1.54, 1.807) is 4.90 Å².